The molecule has 0 unspecified atom stereocenters. The Hall–Kier alpha value is -1.69. The van der Waals surface area contributed by atoms with Gasteiger partial charge in [0.1, 0.15) is 11.6 Å². The molecule has 0 saturated carbocycles. The maximum atomic E-state index is 11.5. The lowest BCUT2D eigenvalue weighted by molar-refractivity contribution is 0.0947. The van der Waals surface area contributed by atoms with Crippen molar-refractivity contribution >= 4 is 17.4 Å². The Morgan fingerprint density at radius 1 is 1.67 bits per heavy atom. The molecule has 15 heavy (non-hydrogen) atoms. The first kappa shape index (κ1) is 9.85. The Balaban J connectivity index is 1.93. The second kappa shape index (κ2) is 4.22. The van der Waals surface area contributed by atoms with E-state index in [0.29, 0.717) is 23.1 Å². The van der Waals surface area contributed by atoms with Crippen LogP contribution in [0, 0.1) is 6.92 Å². The zero-order valence-electron chi connectivity index (χ0n) is 8.06. The fourth-order valence-electron chi connectivity index (χ4n) is 1.05. The summed E-state index contributed by atoms with van der Waals surface area (Å²) in [4.78, 5) is 15.5. The number of aromatic nitrogens is 2. The van der Waals surface area contributed by atoms with E-state index in [1.54, 1.807) is 25.3 Å². The molecule has 0 aromatic carbocycles. The fourth-order valence-corrected chi connectivity index (χ4v) is 1.63. The normalized spacial score (nSPS) is 10.2. The molecule has 1 amide bonds. The minimum Gasteiger partial charge on any atom is -0.467 e. The summed E-state index contributed by atoms with van der Waals surface area (Å²) in [6.45, 7) is 2.12. The van der Waals surface area contributed by atoms with E-state index < -0.39 is 0 Å². The van der Waals surface area contributed by atoms with Crippen LogP contribution in [0.4, 0.5) is 0 Å². The molecule has 0 saturated heterocycles. The zero-order chi connectivity index (χ0) is 10.7. The molecule has 1 N–H and O–H groups in total. The van der Waals surface area contributed by atoms with Gasteiger partial charge in [-0.25, -0.2) is 4.98 Å². The van der Waals surface area contributed by atoms with Gasteiger partial charge < -0.3 is 9.73 Å². The average Bonchev–Trinajstić information content (AvgIpc) is 2.84. The maximum Gasteiger partial charge on any atom is 0.282 e. The van der Waals surface area contributed by atoms with Crippen LogP contribution in [0.3, 0.4) is 0 Å². The largest absolute Gasteiger partial charge is 0.467 e. The standard InChI is InChI=1S/C9H9N3O2S/c1-6-11-9(15-12-6)8(13)10-5-7-3-2-4-14-7/h2-4H,5H2,1H3,(H,10,13). The van der Waals surface area contributed by atoms with Gasteiger partial charge in [-0.2, -0.15) is 4.37 Å². The van der Waals surface area contributed by atoms with Crippen LogP contribution in [0.2, 0.25) is 0 Å². The number of rotatable bonds is 3. The number of hydrogen-bond acceptors (Lipinski definition) is 5. The van der Waals surface area contributed by atoms with Crippen molar-refractivity contribution in [1.82, 2.24) is 14.7 Å². The van der Waals surface area contributed by atoms with E-state index in [0.717, 1.165) is 11.5 Å². The van der Waals surface area contributed by atoms with Crippen molar-refractivity contribution in [1.29, 1.82) is 0 Å². The summed E-state index contributed by atoms with van der Waals surface area (Å²) in [6.07, 6.45) is 1.57. The lowest BCUT2D eigenvalue weighted by Gasteiger charge is -1.98. The third-order valence-corrected chi connectivity index (χ3v) is 2.53. The zero-order valence-corrected chi connectivity index (χ0v) is 8.87. The van der Waals surface area contributed by atoms with Gasteiger partial charge in [-0.3, -0.25) is 4.79 Å². The minimum absolute atomic E-state index is 0.225. The molecular formula is C9H9N3O2S. The van der Waals surface area contributed by atoms with Crippen LogP contribution in [-0.4, -0.2) is 15.3 Å². The first-order valence-corrected chi connectivity index (χ1v) is 5.14. The summed E-state index contributed by atoms with van der Waals surface area (Å²) in [7, 11) is 0. The molecule has 0 spiro atoms. The predicted octanol–water partition coefficient (Wildman–Crippen LogP) is 1.37. The summed E-state index contributed by atoms with van der Waals surface area (Å²) in [5.74, 6) is 1.10. The highest BCUT2D eigenvalue weighted by Crippen LogP contribution is 2.04. The third-order valence-electron chi connectivity index (χ3n) is 1.73. The van der Waals surface area contributed by atoms with E-state index in [1.165, 1.54) is 0 Å². The van der Waals surface area contributed by atoms with Gasteiger partial charge in [-0.1, -0.05) is 0 Å². The number of amides is 1. The highest BCUT2D eigenvalue weighted by molar-refractivity contribution is 7.07. The summed E-state index contributed by atoms with van der Waals surface area (Å²) in [6, 6.07) is 3.57. The van der Waals surface area contributed by atoms with Crippen LogP contribution < -0.4 is 5.32 Å². The van der Waals surface area contributed by atoms with Crippen LogP contribution in [0.15, 0.2) is 22.8 Å². The molecule has 0 aliphatic rings. The first-order valence-electron chi connectivity index (χ1n) is 4.36. The van der Waals surface area contributed by atoms with Crippen molar-refractivity contribution in [2.75, 3.05) is 0 Å². The number of nitrogens with zero attached hydrogens (tertiary/aromatic N) is 2. The smallest absolute Gasteiger partial charge is 0.282 e. The van der Waals surface area contributed by atoms with E-state index >= 15 is 0 Å². The Labute approximate surface area is 90.3 Å². The van der Waals surface area contributed by atoms with E-state index in [9.17, 15) is 4.79 Å². The SMILES string of the molecule is Cc1nsc(C(=O)NCc2ccco2)n1. The third kappa shape index (κ3) is 2.41. The summed E-state index contributed by atoms with van der Waals surface area (Å²) < 4.78 is 9.01. The number of aryl methyl sites for hydroxylation is 1. The fraction of sp³-hybridized carbons (Fsp3) is 0.222. The Morgan fingerprint density at radius 3 is 3.13 bits per heavy atom. The predicted molar refractivity (Wildman–Crippen MR) is 54.5 cm³/mol. The summed E-state index contributed by atoms with van der Waals surface area (Å²) in [5.41, 5.74) is 0. The highest BCUT2D eigenvalue weighted by Gasteiger charge is 2.10. The maximum absolute atomic E-state index is 11.5. The molecule has 0 atom stereocenters. The van der Waals surface area contributed by atoms with Gasteiger partial charge in [0.2, 0.25) is 5.01 Å². The van der Waals surface area contributed by atoms with Crippen molar-refractivity contribution in [2.24, 2.45) is 0 Å². The van der Waals surface area contributed by atoms with E-state index in [1.807, 2.05) is 0 Å². The second-order valence-electron chi connectivity index (χ2n) is 2.91. The number of carbonyl (C=O) groups excluding carboxylic acids is 1. The quantitative estimate of drug-likeness (QED) is 0.853. The average molecular weight is 223 g/mol. The van der Waals surface area contributed by atoms with Crippen LogP contribution >= 0.6 is 11.5 Å². The van der Waals surface area contributed by atoms with E-state index in [4.69, 9.17) is 4.42 Å². The van der Waals surface area contributed by atoms with Crippen molar-refractivity contribution in [2.45, 2.75) is 13.5 Å². The summed E-state index contributed by atoms with van der Waals surface area (Å²) >= 11 is 1.09. The number of furan rings is 1. The molecule has 2 rings (SSSR count). The minimum atomic E-state index is -0.225. The molecule has 0 bridgehead atoms. The van der Waals surface area contributed by atoms with Crippen LogP contribution in [0.5, 0.6) is 0 Å². The highest BCUT2D eigenvalue weighted by atomic mass is 32.1. The van der Waals surface area contributed by atoms with Gasteiger partial charge in [-0.05, 0) is 30.6 Å². The van der Waals surface area contributed by atoms with Crippen LogP contribution in [0.25, 0.3) is 0 Å². The lowest BCUT2D eigenvalue weighted by atomic mass is 10.4. The number of carbonyl (C=O) groups is 1. The lowest BCUT2D eigenvalue weighted by Crippen LogP contribution is -2.22. The molecule has 0 aliphatic carbocycles. The Bertz CT molecular complexity index is 450. The molecule has 2 aromatic rings. The topological polar surface area (TPSA) is 68.0 Å². The Kier molecular flexibility index (Phi) is 2.77. The molecule has 0 radical (unpaired) electrons. The van der Waals surface area contributed by atoms with Crippen molar-refractivity contribution in [3.63, 3.8) is 0 Å². The van der Waals surface area contributed by atoms with Crippen molar-refractivity contribution in [3.8, 4) is 0 Å². The molecule has 6 heteroatoms. The molecule has 2 heterocycles. The first-order chi connectivity index (χ1) is 7.25. The van der Waals surface area contributed by atoms with Crippen LogP contribution in [0.1, 0.15) is 21.4 Å². The van der Waals surface area contributed by atoms with Crippen molar-refractivity contribution < 1.29 is 9.21 Å². The second-order valence-corrected chi connectivity index (χ2v) is 3.66. The molecule has 2 aromatic heterocycles. The number of nitrogens with one attached hydrogen (secondary N) is 1. The van der Waals surface area contributed by atoms with Crippen molar-refractivity contribution in [3.05, 3.63) is 35.0 Å². The van der Waals surface area contributed by atoms with Gasteiger partial charge in [-0.15, -0.1) is 0 Å². The number of hydrogen-bond donors (Lipinski definition) is 1. The molecule has 5 nitrogen and oxygen atoms in total. The molecule has 0 fully saturated rings. The monoisotopic (exact) mass is 223 g/mol. The van der Waals surface area contributed by atoms with E-state index in [2.05, 4.69) is 14.7 Å². The van der Waals surface area contributed by atoms with Crippen LogP contribution in [-0.2, 0) is 6.54 Å². The van der Waals surface area contributed by atoms with Gasteiger partial charge in [0.25, 0.3) is 5.91 Å². The van der Waals surface area contributed by atoms with E-state index in [-0.39, 0.29) is 5.91 Å². The summed E-state index contributed by atoms with van der Waals surface area (Å²) in [5, 5.41) is 3.06. The molecule has 78 valence electrons. The van der Waals surface area contributed by atoms with Gasteiger partial charge in [0.15, 0.2) is 0 Å². The molecular weight excluding hydrogens is 214 g/mol. The van der Waals surface area contributed by atoms with Gasteiger partial charge in [0.05, 0.1) is 12.8 Å². The Morgan fingerprint density at radius 2 is 2.53 bits per heavy atom. The van der Waals surface area contributed by atoms with Gasteiger partial charge in [0, 0.05) is 0 Å². The van der Waals surface area contributed by atoms with Gasteiger partial charge >= 0.3 is 0 Å². The molecule has 0 aliphatic heterocycles.